The number of nitrogens with one attached hydrogen (secondary N) is 1. The van der Waals surface area contributed by atoms with E-state index in [0.29, 0.717) is 12.1 Å². The van der Waals surface area contributed by atoms with Crippen LogP contribution in [-0.2, 0) is 9.59 Å². The van der Waals surface area contributed by atoms with Crippen LogP contribution >= 0.6 is 0 Å². The largest absolute Gasteiger partial charge is 0.504 e. The van der Waals surface area contributed by atoms with Gasteiger partial charge in [0.05, 0.1) is 7.11 Å². The number of aromatic hydroxyl groups is 1. The third kappa shape index (κ3) is 2.84. The van der Waals surface area contributed by atoms with Crippen molar-refractivity contribution in [2.45, 2.75) is 19.3 Å². The Kier molecular flexibility index (Phi) is 4.16. The van der Waals surface area contributed by atoms with Crippen molar-refractivity contribution in [3.63, 3.8) is 0 Å². The summed E-state index contributed by atoms with van der Waals surface area (Å²) in [5.74, 6) is -1.54. The minimum Gasteiger partial charge on any atom is -0.504 e. The quantitative estimate of drug-likeness (QED) is 0.449. The number of aliphatic carboxylic acids is 1. The Morgan fingerprint density at radius 1 is 1.33 bits per heavy atom. The smallest absolute Gasteiger partial charge is 0.319 e. The van der Waals surface area contributed by atoms with Gasteiger partial charge in [-0.15, -0.1) is 0 Å². The van der Waals surface area contributed by atoms with Crippen molar-refractivity contribution in [1.82, 2.24) is 0 Å². The van der Waals surface area contributed by atoms with Crippen LogP contribution in [0.15, 0.2) is 30.4 Å². The number of hydrogen-bond donors (Lipinski definition) is 3. The number of anilines is 1. The van der Waals surface area contributed by atoms with Gasteiger partial charge in [-0.05, 0) is 31.4 Å². The van der Waals surface area contributed by atoms with E-state index >= 15 is 0 Å². The summed E-state index contributed by atoms with van der Waals surface area (Å²) in [5, 5.41) is 21.5. The minimum absolute atomic E-state index is 0.0518. The summed E-state index contributed by atoms with van der Waals surface area (Å²) in [4.78, 5) is 23.9. The van der Waals surface area contributed by atoms with Crippen molar-refractivity contribution in [3.8, 4) is 11.5 Å². The van der Waals surface area contributed by atoms with Crippen molar-refractivity contribution in [3.05, 3.63) is 30.4 Å². The number of phenols is 1. The van der Waals surface area contributed by atoms with Crippen LogP contribution < -0.4 is 10.1 Å². The first kappa shape index (κ1) is 14.9. The van der Waals surface area contributed by atoms with Crippen LogP contribution in [0.25, 0.3) is 0 Å². The highest BCUT2D eigenvalue weighted by atomic mass is 16.5. The highest BCUT2D eigenvalue weighted by Gasteiger charge is 2.45. The number of rotatable bonds is 4. The maximum atomic E-state index is 12.4. The second-order valence-electron chi connectivity index (χ2n) is 4.94. The van der Waals surface area contributed by atoms with E-state index in [2.05, 4.69) is 5.32 Å². The third-order valence-corrected chi connectivity index (χ3v) is 3.65. The Balaban J connectivity index is 2.23. The van der Waals surface area contributed by atoms with E-state index in [1.54, 1.807) is 6.08 Å². The summed E-state index contributed by atoms with van der Waals surface area (Å²) in [6.07, 6.45) is 4.58. The van der Waals surface area contributed by atoms with Crippen LogP contribution in [0, 0.1) is 5.41 Å². The van der Waals surface area contributed by atoms with Crippen LogP contribution in [0.5, 0.6) is 11.5 Å². The first-order valence-electron chi connectivity index (χ1n) is 6.56. The van der Waals surface area contributed by atoms with Crippen LogP contribution in [0.2, 0.25) is 0 Å². The van der Waals surface area contributed by atoms with E-state index in [1.807, 2.05) is 6.08 Å². The van der Waals surface area contributed by atoms with Crippen molar-refractivity contribution in [1.29, 1.82) is 0 Å². The number of carbonyl (C=O) groups excluding carboxylic acids is 1. The van der Waals surface area contributed by atoms with Gasteiger partial charge in [0.1, 0.15) is 5.41 Å². The molecule has 0 saturated carbocycles. The van der Waals surface area contributed by atoms with Crippen molar-refractivity contribution < 1.29 is 24.5 Å². The van der Waals surface area contributed by atoms with Gasteiger partial charge in [0.15, 0.2) is 11.5 Å². The molecule has 0 aromatic heterocycles. The van der Waals surface area contributed by atoms with Gasteiger partial charge < -0.3 is 20.3 Å². The summed E-state index contributed by atoms with van der Waals surface area (Å²) < 4.78 is 4.96. The molecule has 1 aromatic carbocycles. The Labute approximate surface area is 122 Å². The maximum absolute atomic E-state index is 12.4. The number of allylic oxidation sites excluding steroid dienone is 2. The number of hydrogen-bond acceptors (Lipinski definition) is 4. The van der Waals surface area contributed by atoms with Crippen LogP contribution in [0.4, 0.5) is 5.69 Å². The monoisotopic (exact) mass is 291 g/mol. The molecule has 1 aliphatic rings. The van der Waals surface area contributed by atoms with Gasteiger partial charge in [0.2, 0.25) is 5.91 Å². The third-order valence-electron chi connectivity index (χ3n) is 3.65. The highest BCUT2D eigenvalue weighted by Crippen LogP contribution is 2.35. The normalized spacial score (nSPS) is 20.8. The number of methoxy groups -OCH3 is 1. The molecule has 0 heterocycles. The molecule has 21 heavy (non-hydrogen) atoms. The van der Waals surface area contributed by atoms with Gasteiger partial charge >= 0.3 is 5.97 Å². The number of carbonyl (C=O) groups is 2. The van der Waals surface area contributed by atoms with E-state index in [0.717, 1.165) is 0 Å². The highest BCUT2D eigenvalue weighted by molar-refractivity contribution is 6.08. The second kappa shape index (κ2) is 5.87. The molecule has 1 aromatic rings. The first-order valence-corrected chi connectivity index (χ1v) is 6.56. The lowest BCUT2D eigenvalue weighted by molar-refractivity contribution is -0.154. The van der Waals surface area contributed by atoms with Crippen LogP contribution in [0.3, 0.4) is 0 Å². The lowest BCUT2D eigenvalue weighted by Gasteiger charge is -2.29. The molecule has 0 fully saturated rings. The molecular weight excluding hydrogens is 274 g/mol. The molecule has 0 aliphatic heterocycles. The molecule has 6 heteroatoms. The predicted octanol–water partition coefficient (Wildman–Crippen LogP) is 2.15. The number of ether oxygens (including phenoxy) is 1. The van der Waals surface area contributed by atoms with Gasteiger partial charge in [-0.2, -0.15) is 0 Å². The molecule has 3 N–H and O–H groups in total. The van der Waals surface area contributed by atoms with Crippen LogP contribution in [-0.4, -0.2) is 29.2 Å². The number of carboxylic acid groups (broad SMARTS) is 1. The molecule has 0 saturated heterocycles. The molecule has 0 spiro atoms. The standard InChI is InChI=1S/C15H17NO5/c1-21-12-9-10(5-6-11(12)17)16-13(18)15(14(19)20)7-3-2-4-8-15/h2-3,5-6,9,17H,4,7-8H2,1H3,(H,16,18)(H,19,20). The first-order chi connectivity index (χ1) is 9.99. The zero-order chi connectivity index (χ0) is 15.5. The Bertz CT molecular complexity index is 596. The molecule has 1 atom stereocenters. The van der Waals surface area contributed by atoms with Crippen molar-refractivity contribution in [2.24, 2.45) is 5.41 Å². The minimum atomic E-state index is -1.44. The summed E-state index contributed by atoms with van der Waals surface area (Å²) in [6, 6.07) is 4.31. The lowest BCUT2D eigenvalue weighted by atomic mass is 9.76. The molecule has 2 rings (SSSR count). The zero-order valence-corrected chi connectivity index (χ0v) is 11.6. The van der Waals surface area contributed by atoms with Crippen LogP contribution in [0.1, 0.15) is 19.3 Å². The Morgan fingerprint density at radius 3 is 2.67 bits per heavy atom. The fourth-order valence-corrected chi connectivity index (χ4v) is 2.34. The summed E-state index contributed by atoms with van der Waals surface area (Å²) in [5.41, 5.74) is -1.07. The maximum Gasteiger partial charge on any atom is 0.319 e. The summed E-state index contributed by atoms with van der Waals surface area (Å²) in [6.45, 7) is 0. The topological polar surface area (TPSA) is 95.9 Å². The number of carboxylic acids is 1. The zero-order valence-electron chi connectivity index (χ0n) is 11.6. The molecule has 112 valence electrons. The molecule has 1 unspecified atom stereocenters. The van der Waals surface area contributed by atoms with E-state index in [4.69, 9.17) is 4.74 Å². The van der Waals surface area contributed by atoms with Gasteiger partial charge in [0, 0.05) is 11.8 Å². The molecular formula is C15H17NO5. The molecule has 0 bridgehead atoms. The van der Waals surface area contributed by atoms with E-state index in [9.17, 15) is 19.8 Å². The van der Waals surface area contributed by atoms with E-state index in [-0.39, 0.29) is 24.3 Å². The molecule has 1 aliphatic carbocycles. The Hall–Kier alpha value is -2.50. The Morgan fingerprint density at radius 2 is 2.10 bits per heavy atom. The summed E-state index contributed by atoms with van der Waals surface area (Å²) >= 11 is 0. The average Bonchev–Trinajstić information content (AvgIpc) is 2.49. The number of benzene rings is 1. The SMILES string of the molecule is COc1cc(NC(=O)C2(C(=O)O)CC=CCC2)ccc1O. The van der Waals surface area contributed by atoms with E-state index < -0.39 is 17.3 Å². The predicted molar refractivity (Wildman–Crippen MR) is 76.3 cm³/mol. The van der Waals surface area contributed by atoms with E-state index in [1.165, 1.54) is 25.3 Å². The van der Waals surface area contributed by atoms with Crippen molar-refractivity contribution in [2.75, 3.05) is 12.4 Å². The molecule has 0 radical (unpaired) electrons. The fourth-order valence-electron chi connectivity index (χ4n) is 2.34. The number of phenolic OH excluding ortho intramolecular Hbond substituents is 1. The van der Waals surface area contributed by atoms with Gasteiger partial charge in [0.25, 0.3) is 0 Å². The van der Waals surface area contributed by atoms with Gasteiger partial charge in [-0.1, -0.05) is 12.2 Å². The fraction of sp³-hybridized carbons (Fsp3) is 0.333. The van der Waals surface area contributed by atoms with Crippen molar-refractivity contribution >= 4 is 17.6 Å². The number of amides is 1. The molecule has 6 nitrogen and oxygen atoms in total. The molecule has 1 amide bonds. The second-order valence-corrected chi connectivity index (χ2v) is 4.94. The van der Waals surface area contributed by atoms with Gasteiger partial charge in [-0.3, -0.25) is 9.59 Å². The summed E-state index contributed by atoms with van der Waals surface area (Å²) in [7, 11) is 1.39. The lowest BCUT2D eigenvalue weighted by Crippen LogP contribution is -2.43. The van der Waals surface area contributed by atoms with Gasteiger partial charge in [-0.25, -0.2) is 0 Å². The average molecular weight is 291 g/mol.